The summed E-state index contributed by atoms with van der Waals surface area (Å²) in [4.78, 5) is 2.52. The summed E-state index contributed by atoms with van der Waals surface area (Å²) < 4.78 is 2.60. The van der Waals surface area contributed by atoms with Crippen LogP contribution in [-0.4, -0.2) is 0 Å². The van der Waals surface area contributed by atoms with E-state index < -0.39 is 5.41 Å². The molecule has 0 saturated carbocycles. The van der Waals surface area contributed by atoms with Gasteiger partial charge in [0.05, 0.1) is 16.8 Å². The number of fused-ring (bicyclic) bond motifs is 7. The van der Waals surface area contributed by atoms with Crippen LogP contribution in [0.1, 0.15) is 22.3 Å². The van der Waals surface area contributed by atoms with Crippen molar-refractivity contribution in [3.63, 3.8) is 0 Å². The molecule has 11 aromatic carbocycles. The van der Waals surface area contributed by atoms with Crippen LogP contribution in [0.3, 0.4) is 0 Å². The third-order valence-electron chi connectivity index (χ3n) is 14.0. The lowest BCUT2D eigenvalue weighted by atomic mass is 9.68. The maximum atomic E-state index is 2.52. The van der Waals surface area contributed by atoms with Gasteiger partial charge in [-0.1, -0.05) is 224 Å². The van der Waals surface area contributed by atoms with Crippen molar-refractivity contribution in [2.45, 2.75) is 5.41 Å². The minimum atomic E-state index is -0.527. The molecule has 0 saturated heterocycles. The predicted octanol–water partition coefficient (Wildman–Crippen LogP) is 18.0. The van der Waals surface area contributed by atoms with Crippen LogP contribution in [0.25, 0.3) is 75.5 Å². The standard InChI is InChI=1S/C65H43NS/c1-3-19-50(20-4-1)65(51-21-5-2-6-22-51)58-28-12-9-25-57(58)63-59(65)29-16-31-61(63)66(60-30-13-10-23-53(60)55-26-15-27-56-54-24-11-14-32-62(54)67-64(55)56)52-41-39-46(40-42-52)45-33-35-47(36-34-45)49-38-37-44-17-7-8-18-48(44)43-49/h1-43H. The SMILES string of the molecule is c1ccc(C2(c3ccccc3)c3ccccc3-c3c(N(c4ccc(-c5ccc(-c6ccc7ccccc7c6)cc5)cc4)c4ccccc4-c4cccc5c4sc4ccccc45)cccc32)cc1. The fraction of sp³-hybridized carbons (Fsp3) is 0.0154. The van der Waals surface area contributed by atoms with Gasteiger partial charge in [0.25, 0.3) is 0 Å². The molecule has 12 aromatic rings. The van der Waals surface area contributed by atoms with Gasteiger partial charge in [-0.3, -0.25) is 0 Å². The number of anilines is 3. The van der Waals surface area contributed by atoms with Crippen LogP contribution in [0.15, 0.2) is 261 Å². The van der Waals surface area contributed by atoms with E-state index in [0.717, 1.165) is 17.1 Å². The van der Waals surface area contributed by atoms with Crippen molar-refractivity contribution >= 4 is 59.3 Å². The normalized spacial score (nSPS) is 12.6. The lowest BCUT2D eigenvalue weighted by Crippen LogP contribution is -2.28. The number of hydrogen-bond acceptors (Lipinski definition) is 2. The van der Waals surface area contributed by atoms with E-state index >= 15 is 0 Å². The van der Waals surface area contributed by atoms with Crippen LogP contribution >= 0.6 is 11.3 Å². The molecule has 0 fully saturated rings. The molecular formula is C65H43NS. The van der Waals surface area contributed by atoms with Crippen molar-refractivity contribution in [1.29, 1.82) is 0 Å². The second-order valence-corrected chi connectivity index (χ2v) is 18.6. The molecule has 2 heteroatoms. The fourth-order valence-corrected chi connectivity index (χ4v) is 12.2. The van der Waals surface area contributed by atoms with Gasteiger partial charge in [0.2, 0.25) is 0 Å². The van der Waals surface area contributed by atoms with Crippen LogP contribution < -0.4 is 4.90 Å². The molecule has 13 rings (SSSR count). The lowest BCUT2D eigenvalue weighted by molar-refractivity contribution is 0.768. The first-order valence-corrected chi connectivity index (χ1v) is 23.9. The number of nitrogens with zero attached hydrogens (tertiary/aromatic N) is 1. The number of hydrogen-bond donors (Lipinski definition) is 0. The maximum Gasteiger partial charge on any atom is 0.0714 e. The summed E-state index contributed by atoms with van der Waals surface area (Å²) in [5, 5.41) is 5.11. The van der Waals surface area contributed by atoms with E-state index in [-0.39, 0.29) is 0 Å². The minimum Gasteiger partial charge on any atom is -0.309 e. The van der Waals surface area contributed by atoms with Crippen LogP contribution in [0.5, 0.6) is 0 Å². The molecule has 0 unspecified atom stereocenters. The lowest BCUT2D eigenvalue weighted by Gasteiger charge is -2.34. The van der Waals surface area contributed by atoms with Crippen molar-refractivity contribution < 1.29 is 0 Å². The average molecular weight is 870 g/mol. The van der Waals surface area contributed by atoms with E-state index in [1.807, 2.05) is 11.3 Å². The zero-order chi connectivity index (χ0) is 44.3. The Morgan fingerprint density at radius 1 is 0.328 bits per heavy atom. The van der Waals surface area contributed by atoms with Crippen molar-refractivity contribution in [2.75, 3.05) is 4.90 Å². The van der Waals surface area contributed by atoms with E-state index in [9.17, 15) is 0 Å². The molecule has 1 nitrogen and oxygen atoms in total. The van der Waals surface area contributed by atoms with E-state index in [4.69, 9.17) is 0 Å². The first kappa shape index (κ1) is 39.1. The highest BCUT2D eigenvalue weighted by molar-refractivity contribution is 7.26. The van der Waals surface area contributed by atoms with Gasteiger partial charge in [-0.25, -0.2) is 0 Å². The van der Waals surface area contributed by atoms with Crippen molar-refractivity contribution in [3.05, 3.63) is 283 Å². The van der Waals surface area contributed by atoms with E-state index in [0.29, 0.717) is 0 Å². The maximum absolute atomic E-state index is 2.52. The zero-order valence-corrected chi connectivity index (χ0v) is 37.5. The van der Waals surface area contributed by atoms with Crippen molar-refractivity contribution in [3.8, 4) is 44.5 Å². The Kier molecular flexibility index (Phi) is 9.33. The van der Waals surface area contributed by atoms with Gasteiger partial charge in [-0.15, -0.1) is 11.3 Å². The Morgan fingerprint density at radius 3 is 1.61 bits per heavy atom. The molecule has 0 bridgehead atoms. The minimum absolute atomic E-state index is 0.527. The van der Waals surface area contributed by atoms with E-state index in [2.05, 4.69) is 266 Å². The quantitative estimate of drug-likeness (QED) is 0.147. The number of rotatable bonds is 8. The zero-order valence-electron chi connectivity index (χ0n) is 36.7. The molecule has 0 atom stereocenters. The summed E-state index contributed by atoms with van der Waals surface area (Å²) in [5.41, 5.74) is 17.6. The molecule has 0 radical (unpaired) electrons. The summed E-state index contributed by atoms with van der Waals surface area (Å²) in [6, 6.07) is 96.3. The molecule has 1 heterocycles. The van der Waals surface area contributed by atoms with Gasteiger partial charge in [0, 0.05) is 42.6 Å². The Morgan fingerprint density at radius 2 is 0.851 bits per heavy atom. The average Bonchev–Trinajstić information content (AvgIpc) is 3.94. The summed E-state index contributed by atoms with van der Waals surface area (Å²) in [5.74, 6) is 0. The number of benzene rings is 11. The fourth-order valence-electron chi connectivity index (χ4n) is 11.0. The molecular weight excluding hydrogens is 827 g/mol. The molecule has 0 spiro atoms. The topological polar surface area (TPSA) is 3.24 Å². The Hall–Kier alpha value is -8.30. The molecule has 1 aliphatic rings. The van der Waals surface area contributed by atoms with Crippen LogP contribution in [0.4, 0.5) is 17.1 Å². The van der Waals surface area contributed by atoms with Gasteiger partial charge in [0.1, 0.15) is 0 Å². The highest BCUT2D eigenvalue weighted by Crippen LogP contribution is 2.60. The number of para-hydroxylation sites is 1. The van der Waals surface area contributed by atoms with Crippen LogP contribution in [0.2, 0.25) is 0 Å². The highest BCUT2D eigenvalue weighted by Gasteiger charge is 2.47. The Balaban J connectivity index is 1.01. The largest absolute Gasteiger partial charge is 0.309 e. The molecule has 0 amide bonds. The molecule has 1 aromatic heterocycles. The van der Waals surface area contributed by atoms with E-state index in [1.165, 1.54) is 97.7 Å². The third kappa shape index (κ3) is 6.29. The van der Waals surface area contributed by atoms with Gasteiger partial charge in [-0.2, -0.15) is 0 Å². The Bertz CT molecular complexity index is 3750. The summed E-state index contributed by atoms with van der Waals surface area (Å²) in [6.45, 7) is 0. The monoisotopic (exact) mass is 869 g/mol. The molecule has 0 aliphatic heterocycles. The predicted molar refractivity (Wildman–Crippen MR) is 285 cm³/mol. The Labute approximate surface area is 395 Å². The summed E-state index contributed by atoms with van der Waals surface area (Å²) in [7, 11) is 0. The first-order valence-electron chi connectivity index (χ1n) is 23.1. The third-order valence-corrected chi connectivity index (χ3v) is 15.2. The van der Waals surface area contributed by atoms with Crippen molar-refractivity contribution in [2.24, 2.45) is 0 Å². The smallest absolute Gasteiger partial charge is 0.0714 e. The molecule has 67 heavy (non-hydrogen) atoms. The number of thiophene rings is 1. The molecule has 314 valence electrons. The van der Waals surface area contributed by atoms with Gasteiger partial charge >= 0.3 is 0 Å². The van der Waals surface area contributed by atoms with Crippen LogP contribution in [-0.2, 0) is 5.41 Å². The molecule has 1 aliphatic carbocycles. The summed E-state index contributed by atoms with van der Waals surface area (Å²) in [6.07, 6.45) is 0. The second kappa shape index (κ2) is 16.0. The summed E-state index contributed by atoms with van der Waals surface area (Å²) >= 11 is 1.88. The van der Waals surface area contributed by atoms with Gasteiger partial charge in [-0.05, 0) is 97.2 Å². The first-order chi connectivity index (χ1) is 33.2. The van der Waals surface area contributed by atoms with Gasteiger partial charge in [0.15, 0.2) is 0 Å². The molecule has 0 N–H and O–H groups in total. The van der Waals surface area contributed by atoms with Gasteiger partial charge < -0.3 is 4.90 Å². The second-order valence-electron chi connectivity index (χ2n) is 17.5. The highest BCUT2D eigenvalue weighted by atomic mass is 32.1. The van der Waals surface area contributed by atoms with Crippen molar-refractivity contribution in [1.82, 2.24) is 0 Å². The van der Waals surface area contributed by atoms with E-state index in [1.54, 1.807) is 0 Å². The van der Waals surface area contributed by atoms with Crippen LogP contribution in [0, 0.1) is 0 Å².